The van der Waals surface area contributed by atoms with Gasteiger partial charge in [-0.15, -0.1) is 0 Å². The SMILES string of the molecule is Cc1ccc(NC(=O)c2cn[nH]c2N)cc1N(C)C. The molecule has 0 unspecified atom stereocenters. The first-order valence-corrected chi connectivity index (χ1v) is 5.87. The van der Waals surface area contributed by atoms with Gasteiger partial charge < -0.3 is 16.0 Å². The maximum Gasteiger partial charge on any atom is 0.261 e. The molecule has 1 aromatic heterocycles. The lowest BCUT2D eigenvalue weighted by Gasteiger charge is -2.17. The number of hydrogen-bond donors (Lipinski definition) is 3. The summed E-state index contributed by atoms with van der Waals surface area (Å²) in [6.07, 6.45) is 1.41. The predicted molar refractivity (Wildman–Crippen MR) is 76.5 cm³/mol. The Morgan fingerprint density at radius 3 is 2.74 bits per heavy atom. The quantitative estimate of drug-likeness (QED) is 0.781. The molecule has 0 atom stereocenters. The van der Waals surface area contributed by atoms with Crippen molar-refractivity contribution in [2.45, 2.75) is 6.92 Å². The lowest BCUT2D eigenvalue weighted by molar-refractivity contribution is 0.102. The number of carbonyl (C=O) groups excluding carboxylic acids is 1. The first-order chi connectivity index (χ1) is 8.99. The first-order valence-electron chi connectivity index (χ1n) is 5.87. The van der Waals surface area contributed by atoms with Crippen molar-refractivity contribution in [1.29, 1.82) is 0 Å². The Kier molecular flexibility index (Phi) is 3.41. The summed E-state index contributed by atoms with van der Waals surface area (Å²) in [4.78, 5) is 14.0. The van der Waals surface area contributed by atoms with E-state index < -0.39 is 0 Å². The monoisotopic (exact) mass is 259 g/mol. The molecule has 0 saturated heterocycles. The van der Waals surface area contributed by atoms with Crippen molar-refractivity contribution in [3.8, 4) is 0 Å². The smallest absolute Gasteiger partial charge is 0.261 e. The Balaban J connectivity index is 2.22. The summed E-state index contributed by atoms with van der Waals surface area (Å²) in [5.41, 5.74) is 8.87. The van der Waals surface area contributed by atoms with Crippen LogP contribution in [0.1, 0.15) is 15.9 Å². The summed E-state index contributed by atoms with van der Waals surface area (Å²) in [7, 11) is 3.92. The first kappa shape index (κ1) is 12.9. The molecule has 0 radical (unpaired) electrons. The fourth-order valence-electron chi connectivity index (χ4n) is 1.84. The predicted octanol–water partition coefficient (Wildman–Crippen LogP) is 1.62. The molecule has 1 heterocycles. The standard InChI is InChI=1S/C13H17N5O/c1-8-4-5-9(6-11(8)18(2)3)16-13(19)10-7-15-17-12(10)14/h4-7H,1-3H3,(H,16,19)(H3,14,15,17). The number of aromatic amines is 1. The van der Waals surface area contributed by atoms with Gasteiger partial charge in [0, 0.05) is 25.5 Å². The summed E-state index contributed by atoms with van der Waals surface area (Å²) < 4.78 is 0. The molecule has 2 aromatic rings. The molecule has 100 valence electrons. The normalized spacial score (nSPS) is 10.3. The molecule has 1 aromatic carbocycles. The molecule has 0 aliphatic heterocycles. The van der Waals surface area contributed by atoms with Gasteiger partial charge in [0.25, 0.3) is 5.91 Å². The molecule has 2 rings (SSSR count). The van der Waals surface area contributed by atoms with Crippen LogP contribution in [0, 0.1) is 6.92 Å². The molecular weight excluding hydrogens is 242 g/mol. The van der Waals surface area contributed by atoms with Gasteiger partial charge in [-0.05, 0) is 24.6 Å². The number of aryl methyl sites for hydroxylation is 1. The minimum atomic E-state index is -0.278. The number of nitrogen functional groups attached to an aromatic ring is 1. The fourth-order valence-corrected chi connectivity index (χ4v) is 1.84. The van der Waals surface area contributed by atoms with Gasteiger partial charge in [0.05, 0.1) is 6.20 Å². The number of anilines is 3. The molecule has 0 bridgehead atoms. The van der Waals surface area contributed by atoms with Crippen LogP contribution in [0.25, 0.3) is 0 Å². The number of aromatic nitrogens is 2. The number of benzene rings is 1. The third-order valence-corrected chi connectivity index (χ3v) is 2.86. The topological polar surface area (TPSA) is 87.0 Å². The van der Waals surface area contributed by atoms with Crippen LogP contribution < -0.4 is 16.0 Å². The fraction of sp³-hybridized carbons (Fsp3) is 0.231. The molecule has 19 heavy (non-hydrogen) atoms. The largest absolute Gasteiger partial charge is 0.383 e. The van der Waals surface area contributed by atoms with E-state index in [0.29, 0.717) is 5.56 Å². The van der Waals surface area contributed by atoms with E-state index in [4.69, 9.17) is 5.73 Å². The second-order valence-corrected chi connectivity index (χ2v) is 4.55. The average Bonchev–Trinajstić information content (AvgIpc) is 2.77. The molecule has 0 saturated carbocycles. The Bertz CT molecular complexity index is 603. The molecule has 4 N–H and O–H groups in total. The number of H-pyrrole nitrogens is 1. The van der Waals surface area contributed by atoms with Crippen LogP contribution in [-0.2, 0) is 0 Å². The van der Waals surface area contributed by atoms with Crippen molar-refractivity contribution >= 4 is 23.1 Å². The maximum absolute atomic E-state index is 12.0. The number of carbonyl (C=O) groups is 1. The number of nitrogens with one attached hydrogen (secondary N) is 2. The van der Waals surface area contributed by atoms with E-state index in [2.05, 4.69) is 15.5 Å². The number of nitrogens with zero attached hydrogens (tertiary/aromatic N) is 2. The molecule has 0 aliphatic carbocycles. The van der Waals surface area contributed by atoms with Crippen molar-refractivity contribution in [3.05, 3.63) is 35.5 Å². The van der Waals surface area contributed by atoms with Crippen LogP contribution in [0.15, 0.2) is 24.4 Å². The van der Waals surface area contributed by atoms with Crippen molar-refractivity contribution in [2.75, 3.05) is 30.0 Å². The Morgan fingerprint density at radius 2 is 2.16 bits per heavy atom. The highest BCUT2D eigenvalue weighted by molar-refractivity contribution is 6.07. The second-order valence-electron chi connectivity index (χ2n) is 4.55. The van der Waals surface area contributed by atoms with Crippen molar-refractivity contribution in [1.82, 2.24) is 10.2 Å². The van der Waals surface area contributed by atoms with E-state index in [-0.39, 0.29) is 11.7 Å². The van der Waals surface area contributed by atoms with Gasteiger partial charge in [-0.2, -0.15) is 5.10 Å². The summed E-state index contributed by atoms with van der Waals surface area (Å²) in [5, 5.41) is 9.06. The minimum absolute atomic E-state index is 0.262. The van der Waals surface area contributed by atoms with E-state index >= 15 is 0 Å². The van der Waals surface area contributed by atoms with Gasteiger partial charge in [-0.25, -0.2) is 0 Å². The third-order valence-electron chi connectivity index (χ3n) is 2.86. The molecular formula is C13H17N5O. The minimum Gasteiger partial charge on any atom is -0.383 e. The highest BCUT2D eigenvalue weighted by Crippen LogP contribution is 2.23. The van der Waals surface area contributed by atoms with Crippen molar-refractivity contribution in [2.24, 2.45) is 0 Å². The molecule has 6 nitrogen and oxygen atoms in total. The number of hydrogen-bond acceptors (Lipinski definition) is 4. The number of rotatable bonds is 3. The van der Waals surface area contributed by atoms with Crippen molar-refractivity contribution in [3.63, 3.8) is 0 Å². The summed E-state index contributed by atoms with van der Waals surface area (Å²) in [6, 6.07) is 5.74. The Morgan fingerprint density at radius 1 is 1.42 bits per heavy atom. The maximum atomic E-state index is 12.0. The summed E-state index contributed by atoms with van der Waals surface area (Å²) >= 11 is 0. The molecule has 6 heteroatoms. The second kappa shape index (κ2) is 5.01. The van der Waals surface area contributed by atoms with Crippen LogP contribution in [0.4, 0.5) is 17.2 Å². The lowest BCUT2D eigenvalue weighted by Crippen LogP contribution is -2.15. The molecule has 0 fully saturated rings. The van der Waals surface area contributed by atoms with Gasteiger partial charge in [0.2, 0.25) is 0 Å². The number of amides is 1. The molecule has 1 amide bonds. The van der Waals surface area contributed by atoms with E-state index in [1.54, 1.807) is 0 Å². The summed E-state index contributed by atoms with van der Waals surface area (Å²) in [6.45, 7) is 2.02. The van der Waals surface area contributed by atoms with Crippen LogP contribution in [0.2, 0.25) is 0 Å². The van der Waals surface area contributed by atoms with Crippen LogP contribution in [0.5, 0.6) is 0 Å². The highest BCUT2D eigenvalue weighted by Gasteiger charge is 2.12. The van der Waals surface area contributed by atoms with E-state index in [1.807, 2.05) is 44.1 Å². The van der Waals surface area contributed by atoms with Gasteiger partial charge in [0.1, 0.15) is 11.4 Å². The van der Waals surface area contributed by atoms with Crippen molar-refractivity contribution < 1.29 is 4.79 Å². The van der Waals surface area contributed by atoms with Crippen LogP contribution in [0.3, 0.4) is 0 Å². The van der Waals surface area contributed by atoms with E-state index in [0.717, 1.165) is 16.9 Å². The summed E-state index contributed by atoms with van der Waals surface area (Å²) in [5.74, 6) is -0.0164. The lowest BCUT2D eigenvalue weighted by atomic mass is 10.1. The Hall–Kier alpha value is -2.50. The average molecular weight is 259 g/mol. The number of nitrogens with two attached hydrogens (primary N) is 1. The molecule has 0 spiro atoms. The zero-order valence-electron chi connectivity index (χ0n) is 11.2. The van der Waals surface area contributed by atoms with Gasteiger partial charge in [0.15, 0.2) is 0 Å². The zero-order chi connectivity index (χ0) is 14.0. The van der Waals surface area contributed by atoms with E-state index in [9.17, 15) is 4.79 Å². The van der Waals surface area contributed by atoms with Gasteiger partial charge in [-0.1, -0.05) is 6.07 Å². The Labute approximate surface area is 111 Å². The zero-order valence-corrected chi connectivity index (χ0v) is 11.2. The highest BCUT2D eigenvalue weighted by atomic mass is 16.1. The van der Waals surface area contributed by atoms with Gasteiger partial charge >= 0.3 is 0 Å². The third kappa shape index (κ3) is 2.67. The van der Waals surface area contributed by atoms with Crippen LogP contribution >= 0.6 is 0 Å². The van der Waals surface area contributed by atoms with E-state index in [1.165, 1.54) is 6.20 Å². The van der Waals surface area contributed by atoms with Crippen LogP contribution in [-0.4, -0.2) is 30.2 Å². The van der Waals surface area contributed by atoms with Gasteiger partial charge in [-0.3, -0.25) is 9.89 Å². The molecule has 0 aliphatic rings.